The Hall–Kier alpha value is -3.74. The van der Waals surface area contributed by atoms with E-state index in [0.29, 0.717) is 24.2 Å². The Morgan fingerprint density at radius 1 is 0.971 bits per heavy atom. The van der Waals surface area contributed by atoms with E-state index >= 15 is 0 Å². The zero-order valence-electron chi connectivity index (χ0n) is 20.8. The van der Waals surface area contributed by atoms with Gasteiger partial charge in [-0.15, -0.1) is 0 Å². The largest absolute Gasteiger partial charge is 0.361 e. The van der Waals surface area contributed by atoms with Crippen LogP contribution in [0.25, 0.3) is 10.9 Å². The Balaban J connectivity index is 1.65. The molecule has 1 fully saturated rings. The van der Waals surface area contributed by atoms with Crippen LogP contribution in [-0.4, -0.2) is 59.0 Å². The lowest BCUT2D eigenvalue weighted by Crippen LogP contribution is -2.59. The highest BCUT2D eigenvalue weighted by atomic mass is 16.2. The average Bonchev–Trinajstić information content (AvgIpc) is 3.27. The van der Waals surface area contributed by atoms with Gasteiger partial charge in [-0.25, -0.2) is 4.79 Å². The smallest absolute Gasteiger partial charge is 0.332 e. The van der Waals surface area contributed by atoms with Crippen molar-refractivity contribution in [1.82, 2.24) is 14.8 Å². The van der Waals surface area contributed by atoms with Crippen molar-refractivity contribution in [2.75, 3.05) is 20.6 Å². The number of rotatable bonds is 8. The van der Waals surface area contributed by atoms with Crippen LogP contribution in [0.4, 0.5) is 4.79 Å². The highest BCUT2D eigenvalue weighted by Crippen LogP contribution is 2.24. The third-order valence-corrected chi connectivity index (χ3v) is 6.66. The Bertz CT molecular complexity index is 1270. The van der Waals surface area contributed by atoms with Crippen molar-refractivity contribution in [2.24, 2.45) is 10.9 Å². The topological polar surface area (TPSA) is 85.8 Å². The van der Waals surface area contributed by atoms with E-state index in [1.807, 2.05) is 37.4 Å². The van der Waals surface area contributed by atoms with Crippen LogP contribution in [0.1, 0.15) is 42.0 Å². The number of fused-ring (bicyclic) bond motifs is 1. The maximum atomic E-state index is 13.0. The fourth-order valence-corrected chi connectivity index (χ4v) is 4.48. The van der Waals surface area contributed by atoms with E-state index in [4.69, 9.17) is 4.99 Å². The van der Waals surface area contributed by atoms with Crippen LogP contribution >= 0.6 is 0 Å². The van der Waals surface area contributed by atoms with Gasteiger partial charge < -0.3 is 4.98 Å². The number of imide groups is 2. The molecule has 0 spiro atoms. The number of barbiturate groups is 1. The number of aromatic nitrogens is 1. The average molecular weight is 473 g/mol. The lowest BCUT2D eigenvalue weighted by molar-refractivity contribution is -0.144. The van der Waals surface area contributed by atoms with E-state index in [1.54, 1.807) is 0 Å². The second-order valence-electron chi connectivity index (χ2n) is 9.19. The molecule has 0 saturated carbocycles. The van der Waals surface area contributed by atoms with Gasteiger partial charge in [0.2, 0.25) is 11.8 Å². The first-order valence-corrected chi connectivity index (χ1v) is 12.1. The molecular formula is C28H32N4O3. The SMILES string of the molecule is CCCCc1ccc2[nH]cc(CCN=C(c3ccc(C)cc3)C3C(=O)N(C)C(=O)N(C)C3=O)c2c1. The third kappa shape index (κ3) is 4.90. The highest BCUT2D eigenvalue weighted by molar-refractivity contribution is 6.30. The number of urea groups is 1. The maximum absolute atomic E-state index is 13.0. The van der Waals surface area contributed by atoms with Crippen molar-refractivity contribution < 1.29 is 14.4 Å². The predicted octanol–water partition coefficient (Wildman–Crippen LogP) is 4.52. The number of hydrogen-bond acceptors (Lipinski definition) is 4. The van der Waals surface area contributed by atoms with E-state index in [1.165, 1.54) is 25.0 Å². The summed E-state index contributed by atoms with van der Waals surface area (Å²) < 4.78 is 0. The molecule has 3 aromatic rings. The van der Waals surface area contributed by atoms with Crippen LogP contribution in [0.2, 0.25) is 0 Å². The summed E-state index contributed by atoms with van der Waals surface area (Å²) in [6, 6.07) is 13.5. The van der Waals surface area contributed by atoms with E-state index < -0.39 is 23.8 Å². The van der Waals surface area contributed by atoms with Gasteiger partial charge in [-0.05, 0) is 55.0 Å². The van der Waals surface area contributed by atoms with Gasteiger partial charge in [0.25, 0.3) is 0 Å². The first-order chi connectivity index (χ1) is 16.8. The van der Waals surface area contributed by atoms with Crippen LogP contribution in [0.5, 0.6) is 0 Å². The summed E-state index contributed by atoms with van der Waals surface area (Å²) in [5.41, 5.74) is 5.72. The van der Waals surface area contributed by atoms with Gasteiger partial charge in [0.1, 0.15) is 0 Å². The summed E-state index contributed by atoms with van der Waals surface area (Å²) in [7, 11) is 2.80. The minimum atomic E-state index is -1.14. The fourth-order valence-electron chi connectivity index (χ4n) is 4.48. The van der Waals surface area contributed by atoms with Crippen molar-refractivity contribution in [3.8, 4) is 0 Å². The van der Waals surface area contributed by atoms with E-state index in [0.717, 1.165) is 45.7 Å². The number of carbonyl (C=O) groups excluding carboxylic acids is 3. The molecule has 35 heavy (non-hydrogen) atoms. The number of aryl methyl sites for hydroxylation is 2. The molecule has 2 aromatic carbocycles. The summed E-state index contributed by atoms with van der Waals surface area (Å²) in [4.78, 5) is 48.4. The summed E-state index contributed by atoms with van der Waals surface area (Å²) >= 11 is 0. The molecule has 0 radical (unpaired) electrons. The molecule has 0 aliphatic carbocycles. The Labute approximate surface area is 205 Å². The van der Waals surface area contributed by atoms with Gasteiger partial charge in [0.05, 0.1) is 5.71 Å². The predicted molar refractivity (Wildman–Crippen MR) is 138 cm³/mol. The first kappa shape index (κ1) is 24.4. The lowest BCUT2D eigenvalue weighted by Gasteiger charge is -2.33. The van der Waals surface area contributed by atoms with Crippen molar-refractivity contribution in [2.45, 2.75) is 39.5 Å². The number of unbranched alkanes of at least 4 members (excludes halogenated alkanes) is 1. The number of aliphatic imine (C=N–C) groups is 1. The standard InChI is InChI=1S/C28H32N4O3/c1-5-6-7-19-10-13-23-22(16-19)21(17-30-23)14-15-29-25(20-11-8-18(2)9-12-20)24-26(33)31(3)28(35)32(4)27(24)34/h8-13,16-17,24,30H,5-7,14-15H2,1-4H3. The Kier molecular flexibility index (Phi) is 7.15. The van der Waals surface area contributed by atoms with Crippen LogP contribution in [0.15, 0.2) is 53.7 Å². The molecule has 4 amide bonds. The van der Waals surface area contributed by atoms with E-state index in [-0.39, 0.29) is 0 Å². The normalized spacial score (nSPS) is 15.5. The molecule has 1 aliphatic rings. The zero-order valence-corrected chi connectivity index (χ0v) is 20.8. The monoisotopic (exact) mass is 472 g/mol. The summed E-state index contributed by atoms with van der Waals surface area (Å²) in [5, 5.41) is 1.18. The fraction of sp³-hybridized carbons (Fsp3) is 0.357. The van der Waals surface area contributed by atoms with Crippen LogP contribution in [0, 0.1) is 12.8 Å². The molecule has 7 heteroatoms. The van der Waals surface area contributed by atoms with Gasteiger partial charge in [0, 0.05) is 37.7 Å². The molecule has 182 valence electrons. The quantitative estimate of drug-likeness (QED) is 0.386. The number of aromatic amines is 1. The second kappa shape index (κ2) is 10.3. The molecule has 2 heterocycles. The molecule has 1 aliphatic heterocycles. The van der Waals surface area contributed by atoms with Gasteiger partial charge >= 0.3 is 6.03 Å². The van der Waals surface area contributed by atoms with Crippen LogP contribution in [-0.2, 0) is 22.4 Å². The molecule has 0 atom stereocenters. The van der Waals surface area contributed by atoms with Gasteiger partial charge in [-0.1, -0.05) is 49.2 Å². The summed E-state index contributed by atoms with van der Waals surface area (Å²) in [6.07, 6.45) is 6.03. The molecule has 1 aromatic heterocycles. The summed E-state index contributed by atoms with van der Waals surface area (Å²) in [6.45, 7) is 4.58. The van der Waals surface area contributed by atoms with Crippen molar-refractivity contribution in [1.29, 1.82) is 0 Å². The van der Waals surface area contributed by atoms with E-state index in [2.05, 4.69) is 30.1 Å². The zero-order chi connectivity index (χ0) is 25.1. The number of H-pyrrole nitrogens is 1. The highest BCUT2D eigenvalue weighted by Gasteiger charge is 2.45. The molecule has 1 N–H and O–H groups in total. The maximum Gasteiger partial charge on any atom is 0.332 e. The van der Waals surface area contributed by atoms with E-state index in [9.17, 15) is 14.4 Å². The minimum Gasteiger partial charge on any atom is -0.361 e. The first-order valence-electron chi connectivity index (χ1n) is 12.1. The number of amides is 4. The Morgan fingerprint density at radius 3 is 2.31 bits per heavy atom. The number of hydrogen-bond donors (Lipinski definition) is 1. The molecule has 1 saturated heterocycles. The molecule has 7 nitrogen and oxygen atoms in total. The molecule has 4 rings (SSSR count). The van der Waals surface area contributed by atoms with Crippen LogP contribution < -0.4 is 0 Å². The lowest BCUT2D eigenvalue weighted by atomic mass is 9.92. The molecule has 0 bridgehead atoms. The molecule has 0 unspecified atom stereocenters. The Morgan fingerprint density at radius 2 is 1.66 bits per heavy atom. The van der Waals surface area contributed by atoms with Crippen molar-refractivity contribution in [3.63, 3.8) is 0 Å². The van der Waals surface area contributed by atoms with Gasteiger partial charge in [0.15, 0.2) is 5.92 Å². The van der Waals surface area contributed by atoms with Gasteiger partial charge in [-0.2, -0.15) is 0 Å². The minimum absolute atomic E-state index is 0.398. The van der Waals surface area contributed by atoms with Crippen molar-refractivity contribution >= 4 is 34.5 Å². The number of nitrogens with one attached hydrogen (secondary N) is 1. The number of benzene rings is 2. The number of carbonyl (C=O) groups is 3. The third-order valence-electron chi connectivity index (χ3n) is 6.66. The van der Waals surface area contributed by atoms with Gasteiger partial charge in [-0.3, -0.25) is 24.4 Å². The number of nitrogens with zero attached hydrogens (tertiary/aromatic N) is 3. The van der Waals surface area contributed by atoms with Crippen molar-refractivity contribution in [3.05, 3.63) is 70.9 Å². The van der Waals surface area contributed by atoms with Crippen LogP contribution in [0.3, 0.4) is 0 Å². The molecular weight excluding hydrogens is 440 g/mol. The summed E-state index contributed by atoms with van der Waals surface area (Å²) in [5.74, 6) is -2.25. The second-order valence-corrected chi connectivity index (χ2v) is 9.19.